The maximum atomic E-state index is 11.8. The number of aryl methyl sites for hydroxylation is 1. The number of aromatic carboxylic acids is 1. The summed E-state index contributed by atoms with van der Waals surface area (Å²) in [5.74, 6) is -0.439. The van der Waals surface area contributed by atoms with Crippen molar-refractivity contribution in [3.8, 4) is 5.75 Å². The van der Waals surface area contributed by atoms with Gasteiger partial charge in [-0.1, -0.05) is 18.2 Å². The quantitative estimate of drug-likeness (QED) is 0.921. The second-order valence-electron chi connectivity index (χ2n) is 4.67. The summed E-state index contributed by atoms with van der Waals surface area (Å²) >= 11 is 0. The Hall–Kier alpha value is -2.82. The minimum absolute atomic E-state index is 0.219. The summed E-state index contributed by atoms with van der Waals surface area (Å²) in [5, 5.41) is 8.99. The van der Waals surface area contributed by atoms with E-state index in [1.165, 1.54) is 12.3 Å². The summed E-state index contributed by atoms with van der Waals surface area (Å²) in [5.41, 5.74) is 0.904. The molecule has 5 heteroatoms. The van der Waals surface area contributed by atoms with E-state index < -0.39 is 11.4 Å². The van der Waals surface area contributed by atoms with Crippen molar-refractivity contribution in [3.05, 3.63) is 63.6 Å². The van der Waals surface area contributed by atoms with Crippen LogP contribution in [-0.4, -0.2) is 22.8 Å². The highest BCUT2D eigenvalue weighted by atomic mass is 16.5. The van der Waals surface area contributed by atoms with Crippen molar-refractivity contribution in [2.24, 2.45) is 0 Å². The van der Waals surface area contributed by atoms with Gasteiger partial charge >= 0.3 is 5.97 Å². The van der Waals surface area contributed by atoms with Gasteiger partial charge in [-0.25, -0.2) is 4.79 Å². The van der Waals surface area contributed by atoms with Crippen LogP contribution in [-0.2, 0) is 6.54 Å². The molecule has 1 N–H and O–H groups in total. The monoisotopic (exact) mass is 299 g/mol. The number of ether oxygens (including phenoxy) is 1. The summed E-state index contributed by atoms with van der Waals surface area (Å²) in [4.78, 5) is 22.8. The molecule has 0 amide bonds. The van der Waals surface area contributed by atoms with Crippen LogP contribution in [0, 0.1) is 0 Å². The molecular weight excluding hydrogens is 282 g/mol. The van der Waals surface area contributed by atoms with Crippen molar-refractivity contribution in [2.75, 3.05) is 7.11 Å². The Labute approximate surface area is 128 Å². The molecule has 0 spiro atoms. The molecule has 0 atom stereocenters. The van der Waals surface area contributed by atoms with Crippen molar-refractivity contribution < 1.29 is 14.6 Å². The summed E-state index contributed by atoms with van der Waals surface area (Å²) in [6.07, 6.45) is 5.03. The Morgan fingerprint density at radius 1 is 1.27 bits per heavy atom. The number of methoxy groups -OCH3 is 1. The molecule has 22 heavy (non-hydrogen) atoms. The molecule has 0 saturated heterocycles. The molecule has 1 aromatic heterocycles. The molecule has 1 heterocycles. The van der Waals surface area contributed by atoms with E-state index in [2.05, 4.69) is 0 Å². The Balaban J connectivity index is 2.35. The predicted octanol–water partition coefficient (Wildman–Crippen LogP) is 2.75. The van der Waals surface area contributed by atoms with Gasteiger partial charge in [0.25, 0.3) is 0 Å². The van der Waals surface area contributed by atoms with Gasteiger partial charge in [0.2, 0.25) is 0 Å². The van der Waals surface area contributed by atoms with Gasteiger partial charge < -0.3 is 14.4 Å². The molecular formula is C17H17NO4. The van der Waals surface area contributed by atoms with Gasteiger partial charge in [0, 0.05) is 24.5 Å². The number of pyridine rings is 1. The van der Waals surface area contributed by atoms with E-state index in [1.807, 2.05) is 37.3 Å². The zero-order chi connectivity index (χ0) is 16.1. The van der Waals surface area contributed by atoms with Crippen LogP contribution in [0.4, 0.5) is 0 Å². The average molecular weight is 299 g/mol. The molecule has 0 unspecified atom stereocenters. The zero-order valence-electron chi connectivity index (χ0n) is 12.4. The van der Waals surface area contributed by atoms with Crippen molar-refractivity contribution in [1.29, 1.82) is 0 Å². The van der Waals surface area contributed by atoms with E-state index in [0.29, 0.717) is 12.2 Å². The minimum atomic E-state index is -1.21. The molecule has 5 nitrogen and oxygen atoms in total. The van der Waals surface area contributed by atoms with Crippen molar-refractivity contribution in [2.45, 2.75) is 13.5 Å². The smallest absolute Gasteiger partial charge is 0.341 e. The average Bonchev–Trinajstić information content (AvgIpc) is 2.53. The Morgan fingerprint density at radius 3 is 2.50 bits per heavy atom. The summed E-state index contributed by atoms with van der Waals surface area (Å²) in [6, 6.07) is 8.83. The molecule has 0 fully saturated rings. The van der Waals surface area contributed by atoms with E-state index in [-0.39, 0.29) is 5.56 Å². The molecule has 0 radical (unpaired) electrons. The van der Waals surface area contributed by atoms with Crippen LogP contribution in [0.3, 0.4) is 0 Å². The Kier molecular flexibility index (Phi) is 4.78. The van der Waals surface area contributed by atoms with Crippen molar-refractivity contribution in [3.63, 3.8) is 0 Å². The van der Waals surface area contributed by atoms with E-state index in [0.717, 1.165) is 11.3 Å². The van der Waals surface area contributed by atoms with E-state index in [9.17, 15) is 9.59 Å². The first-order chi connectivity index (χ1) is 10.5. The fraction of sp³-hybridized carbons (Fsp3) is 0.176. The molecule has 0 aliphatic carbocycles. The van der Waals surface area contributed by atoms with Gasteiger partial charge in [0.1, 0.15) is 11.3 Å². The predicted molar refractivity (Wildman–Crippen MR) is 85.3 cm³/mol. The van der Waals surface area contributed by atoms with E-state index >= 15 is 0 Å². The lowest BCUT2D eigenvalue weighted by Crippen LogP contribution is -2.18. The lowest BCUT2D eigenvalue weighted by atomic mass is 10.1. The highest BCUT2D eigenvalue weighted by Crippen LogP contribution is 2.14. The van der Waals surface area contributed by atoms with Crippen molar-refractivity contribution >= 4 is 18.1 Å². The number of carbonyl (C=O) groups is 1. The maximum Gasteiger partial charge on any atom is 0.341 e. The second-order valence-corrected chi connectivity index (χ2v) is 4.67. The molecule has 0 aliphatic heterocycles. The fourth-order valence-corrected chi connectivity index (χ4v) is 2.06. The lowest BCUT2D eigenvalue weighted by Gasteiger charge is -2.09. The zero-order valence-corrected chi connectivity index (χ0v) is 12.4. The fourth-order valence-electron chi connectivity index (χ4n) is 2.06. The van der Waals surface area contributed by atoms with Gasteiger partial charge in [-0.05, 0) is 30.7 Å². The highest BCUT2D eigenvalue weighted by Gasteiger charge is 2.10. The molecule has 0 saturated carbocycles. The third kappa shape index (κ3) is 3.44. The van der Waals surface area contributed by atoms with Crippen LogP contribution < -0.4 is 10.2 Å². The number of nitrogens with zero attached hydrogens (tertiary/aromatic N) is 1. The second kappa shape index (κ2) is 6.76. The maximum absolute atomic E-state index is 11.8. The standard InChI is InChI=1S/C17H17NO4/c1-3-18-11-15(17(20)21)16(19)10-13(18)7-4-12-5-8-14(22-2)9-6-12/h4-11H,3H2,1-2H3,(H,20,21)/b7-4+. The number of hydrogen-bond donors (Lipinski definition) is 1. The number of carboxylic acids is 1. The highest BCUT2D eigenvalue weighted by molar-refractivity contribution is 5.87. The number of hydrogen-bond acceptors (Lipinski definition) is 3. The normalized spacial score (nSPS) is 10.8. The van der Waals surface area contributed by atoms with Crippen LogP contribution in [0.25, 0.3) is 12.2 Å². The van der Waals surface area contributed by atoms with Gasteiger partial charge in [-0.15, -0.1) is 0 Å². The van der Waals surface area contributed by atoms with Crippen LogP contribution in [0.2, 0.25) is 0 Å². The van der Waals surface area contributed by atoms with Crippen LogP contribution in [0.5, 0.6) is 5.75 Å². The first-order valence-corrected chi connectivity index (χ1v) is 6.85. The molecule has 0 bridgehead atoms. The third-order valence-electron chi connectivity index (χ3n) is 3.29. The number of rotatable bonds is 5. The minimum Gasteiger partial charge on any atom is -0.497 e. The number of benzene rings is 1. The lowest BCUT2D eigenvalue weighted by molar-refractivity contribution is 0.0694. The Bertz CT molecular complexity index is 757. The summed E-state index contributed by atoms with van der Waals surface area (Å²) in [7, 11) is 1.61. The Morgan fingerprint density at radius 2 is 1.95 bits per heavy atom. The van der Waals surface area contributed by atoms with Gasteiger partial charge in [-0.2, -0.15) is 0 Å². The van der Waals surface area contributed by atoms with Gasteiger partial charge in [-0.3, -0.25) is 4.79 Å². The van der Waals surface area contributed by atoms with Crippen molar-refractivity contribution in [1.82, 2.24) is 4.57 Å². The molecule has 2 rings (SSSR count). The van der Waals surface area contributed by atoms with Crippen LogP contribution in [0.1, 0.15) is 28.5 Å². The first kappa shape index (κ1) is 15.6. The molecule has 0 aliphatic rings. The summed E-state index contributed by atoms with van der Waals surface area (Å²) < 4.78 is 6.82. The topological polar surface area (TPSA) is 68.5 Å². The summed E-state index contributed by atoms with van der Waals surface area (Å²) in [6.45, 7) is 2.46. The van der Waals surface area contributed by atoms with E-state index in [4.69, 9.17) is 9.84 Å². The SMILES string of the molecule is CCn1cc(C(=O)O)c(=O)cc1/C=C/c1ccc(OC)cc1. The number of carboxylic acid groups (broad SMARTS) is 1. The van der Waals surface area contributed by atoms with Crippen LogP contribution in [0.15, 0.2) is 41.3 Å². The van der Waals surface area contributed by atoms with Gasteiger partial charge in [0.05, 0.1) is 7.11 Å². The first-order valence-electron chi connectivity index (χ1n) is 6.85. The third-order valence-corrected chi connectivity index (χ3v) is 3.29. The van der Waals surface area contributed by atoms with Gasteiger partial charge in [0.15, 0.2) is 5.43 Å². The number of aromatic nitrogens is 1. The molecule has 2 aromatic rings. The molecule has 1 aromatic carbocycles. The largest absolute Gasteiger partial charge is 0.497 e. The van der Waals surface area contributed by atoms with E-state index in [1.54, 1.807) is 17.8 Å². The van der Waals surface area contributed by atoms with Crippen LogP contribution >= 0.6 is 0 Å². The molecule has 114 valence electrons.